The molecule has 108 valence electrons. The predicted molar refractivity (Wildman–Crippen MR) is 71.4 cm³/mol. The number of ether oxygens (including phenoxy) is 4. The van der Waals surface area contributed by atoms with Gasteiger partial charge < -0.3 is 18.9 Å². The van der Waals surface area contributed by atoms with Gasteiger partial charge in [0.25, 0.3) is 0 Å². The third-order valence-corrected chi connectivity index (χ3v) is 3.14. The van der Waals surface area contributed by atoms with Gasteiger partial charge in [-0.15, -0.1) is 0 Å². The van der Waals surface area contributed by atoms with Gasteiger partial charge in [-0.2, -0.15) is 0 Å². The van der Waals surface area contributed by atoms with Crippen molar-refractivity contribution in [1.82, 2.24) is 0 Å². The molecule has 6 nitrogen and oxygen atoms in total. The molecule has 0 saturated heterocycles. The van der Waals surface area contributed by atoms with Crippen LogP contribution in [0.4, 0.5) is 0 Å². The van der Waals surface area contributed by atoms with Gasteiger partial charge in [-0.25, -0.2) is 9.59 Å². The molecule has 0 aliphatic carbocycles. The van der Waals surface area contributed by atoms with Crippen molar-refractivity contribution in [1.29, 1.82) is 0 Å². The summed E-state index contributed by atoms with van der Waals surface area (Å²) < 4.78 is 21.1. The molecular weight excluding hydrogens is 332 g/mol. The zero-order valence-electron chi connectivity index (χ0n) is 11.0. The van der Waals surface area contributed by atoms with Crippen molar-refractivity contribution < 1.29 is 28.5 Å². The van der Waals surface area contributed by atoms with E-state index in [4.69, 9.17) is 18.9 Å². The van der Waals surface area contributed by atoms with Crippen LogP contribution in [0.25, 0.3) is 0 Å². The number of esters is 2. The molecule has 1 aromatic carbocycles. The van der Waals surface area contributed by atoms with E-state index in [9.17, 15) is 9.59 Å². The zero-order valence-corrected chi connectivity index (χ0v) is 12.6. The second-order valence-electron chi connectivity index (χ2n) is 3.83. The minimum absolute atomic E-state index is 0.0875. The van der Waals surface area contributed by atoms with Gasteiger partial charge in [-0.05, 0) is 41.9 Å². The second kappa shape index (κ2) is 5.70. The van der Waals surface area contributed by atoms with E-state index in [1.807, 2.05) is 0 Å². The summed E-state index contributed by atoms with van der Waals surface area (Å²) in [7, 11) is 0. The molecule has 20 heavy (non-hydrogen) atoms. The Labute approximate surface area is 124 Å². The van der Waals surface area contributed by atoms with Crippen LogP contribution < -0.4 is 9.47 Å². The van der Waals surface area contributed by atoms with Gasteiger partial charge in [0.2, 0.25) is 0 Å². The number of benzene rings is 1. The molecule has 1 heterocycles. The lowest BCUT2D eigenvalue weighted by Gasteiger charge is -2.22. The van der Waals surface area contributed by atoms with Gasteiger partial charge in [-0.1, -0.05) is 6.07 Å². The van der Waals surface area contributed by atoms with Gasteiger partial charge in [0.05, 0.1) is 17.7 Å². The van der Waals surface area contributed by atoms with Crippen LogP contribution >= 0.6 is 15.9 Å². The lowest BCUT2D eigenvalue weighted by atomic mass is 10.3. The van der Waals surface area contributed by atoms with Crippen molar-refractivity contribution in [3.05, 3.63) is 22.7 Å². The smallest absolute Gasteiger partial charge is 0.453 e. The van der Waals surface area contributed by atoms with Crippen LogP contribution in [0.2, 0.25) is 0 Å². The molecule has 0 N–H and O–H groups in total. The molecule has 0 radical (unpaired) electrons. The Bertz CT molecular complexity index is 524. The molecule has 0 saturated carbocycles. The summed E-state index contributed by atoms with van der Waals surface area (Å²) in [5.74, 6) is -3.60. The van der Waals surface area contributed by atoms with Crippen molar-refractivity contribution in [3.8, 4) is 11.5 Å². The third-order valence-electron chi connectivity index (χ3n) is 2.52. The standard InChI is InChI=1S/C13H13BrO6/c1-3-17-11(15)13(12(16)18-4-2)19-9-7-5-6-8(14)10(9)20-13/h5-7H,3-4H2,1-2H3. The van der Waals surface area contributed by atoms with E-state index in [0.29, 0.717) is 4.47 Å². The van der Waals surface area contributed by atoms with Crippen molar-refractivity contribution in [3.63, 3.8) is 0 Å². The molecular formula is C13H13BrO6. The Morgan fingerprint density at radius 2 is 1.75 bits per heavy atom. The van der Waals surface area contributed by atoms with Gasteiger partial charge in [0.15, 0.2) is 11.5 Å². The fourth-order valence-electron chi connectivity index (χ4n) is 1.69. The van der Waals surface area contributed by atoms with E-state index in [1.54, 1.807) is 32.0 Å². The Morgan fingerprint density at radius 1 is 1.15 bits per heavy atom. The van der Waals surface area contributed by atoms with Crippen LogP contribution in [0.5, 0.6) is 11.5 Å². The fraction of sp³-hybridized carbons (Fsp3) is 0.385. The Hall–Kier alpha value is -1.76. The highest BCUT2D eigenvalue weighted by atomic mass is 79.9. The Balaban J connectivity index is 2.40. The molecule has 0 bridgehead atoms. The maximum atomic E-state index is 12.1. The summed E-state index contributed by atoms with van der Waals surface area (Å²) in [5, 5.41) is 0. The van der Waals surface area contributed by atoms with Crippen molar-refractivity contribution in [2.45, 2.75) is 19.6 Å². The first-order chi connectivity index (χ1) is 9.55. The van der Waals surface area contributed by atoms with Crippen LogP contribution in [0.1, 0.15) is 13.8 Å². The van der Waals surface area contributed by atoms with E-state index < -0.39 is 17.7 Å². The highest BCUT2D eigenvalue weighted by molar-refractivity contribution is 9.10. The van der Waals surface area contributed by atoms with Crippen LogP contribution in [-0.4, -0.2) is 30.9 Å². The molecule has 0 spiro atoms. The molecule has 0 fully saturated rings. The van der Waals surface area contributed by atoms with Crippen molar-refractivity contribution in [2.75, 3.05) is 13.2 Å². The number of halogens is 1. The highest BCUT2D eigenvalue weighted by Gasteiger charge is 2.60. The normalized spacial score (nSPS) is 14.8. The zero-order chi connectivity index (χ0) is 14.8. The molecule has 0 atom stereocenters. The number of carbonyl (C=O) groups excluding carboxylic acids is 2. The van der Waals surface area contributed by atoms with E-state index in [-0.39, 0.29) is 24.7 Å². The largest absolute Gasteiger partial charge is 0.460 e. The summed E-state index contributed by atoms with van der Waals surface area (Å²) in [5.41, 5.74) is 0. The molecule has 0 amide bonds. The van der Waals surface area contributed by atoms with Crippen LogP contribution in [-0.2, 0) is 19.1 Å². The van der Waals surface area contributed by atoms with Crippen molar-refractivity contribution in [2.24, 2.45) is 0 Å². The van der Waals surface area contributed by atoms with Crippen LogP contribution in [0.3, 0.4) is 0 Å². The van der Waals surface area contributed by atoms with E-state index in [0.717, 1.165) is 0 Å². The number of fused-ring (bicyclic) bond motifs is 1. The third kappa shape index (κ3) is 2.33. The summed E-state index contributed by atoms with van der Waals surface area (Å²) in [6.45, 7) is 3.41. The predicted octanol–water partition coefficient (Wildman–Crippen LogP) is 2.04. The number of para-hydroxylation sites is 1. The fourth-order valence-corrected chi connectivity index (χ4v) is 2.12. The summed E-state index contributed by atoms with van der Waals surface area (Å²) in [6.07, 6.45) is 0. The van der Waals surface area contributed by atoms with Crippen LogP contribution in [0.15, 0.2) is 22.7 Å². The van der Waals surface area contributed by atoms with Gasteiger partial charge in [0, 0.05) is 0 Å². The quantitative estimate of drug-likeness (QED) is 0.614. The average Bonchev–Trinajstić information content (AvgIpc) is 2.82. The first-order valence-corrected chi connectivity index (χ1v) is 6.85. The SMILES string of the molecule is CCOC(=O)C1(C(=O)OCC)Oc2cccc(Br)c2O1. The lowest BCUT2D eigenvalue weighted by molar-refractivity contribution is -0.202. The summed E-state index contributed by atoms with van der Waals surface area (Å²) in [6, 6.07) is 4.98. The number of hydrogen-bond acceptors (Lipinski definition) is 6. The molecule has 0 unspecified atom stereocenters. The number of hydrogen-bond donors (Lipinski definition) is 0. The summed E-state index contributed by atoms with van der Waals surface area (Å²) in [4.78, 5) is 24.2. The minimum Gasteiger partial charge on any atom is -0.460 e. The van der Waals surface area contributed by atoms with Gasteiger partial charge >= 0.3 is 17.7 Å². The number of carbonyl (C=O) groups is 2. The maximum Gasteiger partial charge on any atom is 0.453 e. The molecule has 0 aromatic heterocycles. The molecule has 2 rings (SSSR count). The van der Waals surface area contributed by atoms with Gasteiger partial charge in [0.1, 0.15) is 0 Å². The Kier molecular flexibility index (Phi) is 4.17. The van der Waals surface area contributed by atoms with E-state index in [2.05, 4.69) is 15.9 Å². The first-order valence-electron chi connectivity index (χ1n) is 6.06. The highest BCUT2D eigenvalue weighted by Crippen LogP contribution is 2.45. The molecule has 1 aliphatic rings. The topological polar surface area (TPSA) is 71.1 Å². The maximum absolute atomic E-state index is 12.1. The monoisotopic (exact) mass is 344 g/mol. The van der Waals surface area contributed by atoms with Crippen molar-refractivity contribution >= 4 is 27.9 Å². The average molecular weight is 345 g/mol. The first kappa shape index (κ1) is 14.6. The van der Waals surface area contributed by atoms with E-state index >= 15 is 0 Å². The van der Waals surface area contributed by atoms with Crippen LogP contribution in [0, 0.1) is 0 Å². The minimum atomic E-state index is -2.24. The Morgan fingerprint density at radius 3 is 2.25 bits per heavy atom. The van der Waals surface area contributed by atoms with E-state index in [1.165, 1.54) is 0 Å². The van der Waals surface area contributed by atoms with Gasteiger partial charge in [-0.3, -0.25) is 0 Å². The molecule has 7 heteroatoms. The lowest BCUT2D eigenvalue weighted by Crippen LogP contribution is -2.56. The number of rotatable bonds is 4. The second-order valence-corrected chi connectivity index (χ2v) is 4.68. The molecule has 1 aromatic rings. The molecule has 1 aliphatic heterocycles. The summed E-state index contributed by atoms with van der Waals surface area (Å²) >= 11 is 3.27.